The Hall–Kier alpha value is -3.34. The minimum Gasteiger partial charge on any atom is -0.459 e. The highest BCUT2D eigenvalue weighted by atomic mass is 16.3. The molecule has 0 spiro atoms. The lowest BCUT2D eigenvalue weighted by Gasteiger charge is -2.22. The zero-order chi connectivity index (χ0) is 20.1. The van der Waals surface area contributed by atoms with Crippen LogP contribution < -0.4 is 5.32 Å². The van der Waals surface area contributed by atoms with Gasteiger partial charge in [0, 0.05) is 24.3 Å². The molecule has 0 unspecified atom stereocenters. The van der Waals surface area contributed by atoms with Crippen molar-refractivity contribution in [3.05, 3.63) is 88.9 Å². The maximum absolute atomic E-state index is 13.1. The molecule has 2 aromatic carbocycles. The van der Waals surface area contributed by atoms with E-state index in [2.05, 4.69) is 5.32 Å². The standard InChI is InChI=1S/C23H24N2O3/c1-4-25(15-19-9-6-5-8-16(19)2)23(27)18-12-11-17(3)20(14-18)24-22(26)21-10-7-13-28-21/h5-14H,4,15H2,1-3H3,(H,24,26). The van der Waals surface area contributed by atoms with Gasteiger partial charge in [-0.15, -0.1) is 0 Å². The molecular weight excluding hydrogens is 352 g/mol. The smallest absolute Gasteiger partial charge is 0.291 e. The van der Waals surface area contributed by atoms with Crippen molar-refractivity contribution in [2.24, 2.45) is 0 Å². The normalized spacial score (nSPS) is 10.5. The Bertz CT molecular complexity index is 977. The summed E-state index contributed by atoms with van der Waals surface area (Å²) < 4.78 is 5.13. The highest BCUT2D eigenvalue weighted by Crippen LogP contribution is 2.20. The molecule has 0 aliphatic carbocycles. The van der Waals surface area contributed by atoms with Crippen LogP contribution >= 0.6 is 0 Å². The second-order valence-corrected chi connectivity index (χ2v) is 6.71. The van der Waals surface area contributed by atoms with Crippen molar-refractivity contribution in [3.8, 4) is 0 Å². The molecule has 0 bridgehead atoms. The van der Waals surface area contributed by atoms with Gasteiger partial charge in [-0.25, -0.2) is 0 Å². The number of anilines is 1. The van der Waals surface area contributed by atoms with Gasteiger partial charge in [0.1, 0.15) is 0 Å². The second kappa shape index (κ2) is 8.57. The fraction of sp³-hybridized carbons (Fsp3) is 0.217. The van der Waals surface area contributed by atoms with E-state index in [1.54, 1.807) is 29.2 Å². The van der Waals surface area contributed by atoms with E-state index in [1.165, 1.54) is 6.26 Å². The molecule has 1 heterocycles. The number of carbonyl (C=O) groups excluding carboxylic acids is 2. The molecule has 0 atom stereocenters. The van der Waals surface area contributed by atoms with Crippen LogP contribution in [0.15, 0.2) is 65.3 Å². The summed E-state index contributed by atoms with van der Waals surface area (Å²) >= 11 is 0. The quantitative estimate of drug-likeness (QED) is 0.671. The van der Waals surface area contributed by atoms with Crippen LogP contribution in [-0.2, 0) is 6.54 Å². The molecule has 144 valence electrons. The van der Waals surface area contributed by atoms with E-state index in [0.29, 0.717) is 24.3 Å². The number of furan rings is 1. The third-order valence-electron chi connectivity index (χ3n) is 4.77. The highest BCUT2D eigenvalue weighted by molar-refractivity contribution is 6.03. The van der Waals surface area contributed by atoms with E-state index in [9.17, 15) is 9.59 Å². The molecule has 5 heteroatoms. The van der Waals surface area contributed by atoms with Crippen LogP contribution in [0, 0.1) is 13.8 Å². The van der Waals surface area contributed by atoms with E-state index in [0.717, 1.165) is 16.7 Å². The lowest BCUT2D eigenvalue weighted by Crippen LogP contribution is -2.30. The minimum absolute atomic E-state index is 0.0701. The lowest BCUT2D eigenvalue weighted by molar-refractivity contribution is 0.0752. The number of rotatable bonds is 6. The topological polar surface area (TPSA) is 62.6 Å². The number of amides is 2. The number of hydrogen-bond acceptors (Lipinski definition) is 3. The maximum atomic E-state index is 13.1. The molecule has 0 aliphatic heterocycles. The van der Waals surface area contributed by atoms with Crippen molar-refractivity contribution in [3.63, 3.8) is 0 Å². The maximum Gasteiger partial charge on any atom is 0.291 e. The van der Waals surface area contributed by atoms with Gasteiger partial charge in [0.15, 0.2) is 5.76 Å². The first-order valence-electron chi connectivity index (χ1n) is 9.29. The summed E-state index contributed by atoms with van der Waals surface area (Å²) in [7, 11) is 0. The molecule has 0 saturated carbocycles. The van der Waals surface area contributed by atoms with Gasteiger partial charge in [-0.2, -0.15) is 0 Å². The number of hydrogen-bond donors (Lipinski definition) is 1. The summed E-state index contributed by atoms with van der Waals surface area (Å²) in [5, 5.41) is 2.82. The van der Waals surface area contributed by atoms with Crippen LogP contribution in [0.2, 0.25) is 0 Å². The molecule has 3 aromatic rings. The van der Waals surface area contributed by atoms with Gasteiger partial charge in [0.2, 0.25) is 0 Å². The Morgan fingerprint density at radius 1 is 1.00 bits per heavy atom. The molecule has 5 nitrogen and oxygen atoms in total. The van der Waals surface area contributed by atoms with Crippen molar-refractivity contribution in [2.45, 2.75) is 27.3 Å². The molecule has 0 fully saturated rings. The minimum atomic E-state index is -0.343. The average molecular weight is 376 g/mol. The van der Waals surface area contributed by atoms with Crippen LogP contribution in [-0.4, -0.2) is 23.3 Å². The Kier molecular flexibility index (Phi) is 5.94. The van der Waals surface area contributed by atoms with Crippen molar-refractivity contribution < 1.29 is 14.0 Å². The first-order valence-corrected chi connectivity index (χ1v) is 9.29. The first kappa shape index (κ1) is 19.4. The van der Waals surface area contributed by atoms with Crippen LogP contribution in [0.4, 0.5) is 5.69 Å². The summed E-state index contributed by atoms with van der Waals surface area (Å²) in [6.45, 7) is 7.03. The van der Waals surface area contributed by atoms with Crippen LogP contribution in [0.1, 0.15) is 44.5 Å². The number of nitrogens with one attached hydrogen (secondary N) is 1. The van der Waals surface area contributed by atoms with Gasteiger partial charge in [0.05, 0.1) is 6.26 Å². The molecule has 0 radical (unpaired) electrons. The van der Waals surface area contributed by atoms with Gasteiger partial charge >= 0.3 is 0 Å². The number of benzene rings is 2. The molecular formula is C23H24N2O3. The van der Waals surface area contributed by atoms with E-state index in [1.807, 2.05) is 51.1 Å². The summed E-state index contributed by atoms with van der Waals surface area (Å²) in [5.41, 5.74) is 4.29. The molecule has 0 saturated heterocycles. The lowest BCUT2D eigenvalue weighted by atomic mass is 10.1. The van der Waals surface area contributed by atoms with Crippen LogP contribution in [0.5, 0.6) is 0 Å². The predicted octanol–water partition coefficient (Wildman–Crippen LogP) is 4.81. The molecule has 1 aromatic heterocycles. The Labute approximate surface area is 165 Å². The second-order valence-electron chi connectivity index (χ2n) is 6.71. The van der Waals surface area contributed by atoms with E-state index < -0.39 is 0 Å². The SMILES string of the molecule is CCN(Cc1ccccc1C)C(=O)c1ccc(C)c(NC(=O)c2ccco2)c1. The van der Waals surface area contributed by atoms with Gasteiger partial charge in [-0.1, -0.05) is 30.3 Å². The highest BCUT2D eigenvalue weighted by Gasteiger charge is 2.18. The van der Waals surface area contributed by atoms with E-state index in [4.69, 9.17) is 4.42 Å². The number of carbonyl (C=O) groups is 2. The molecule has 0 aliphatic rings. The van der Waals surface area contributed by atoms with E-state index >= 15 is 0 Å². The van der Waals surface area contributed by atoms with Gasteiger partial charge < -0.3 is 14.6 Å². The molecule has 28 heavy (non-hydrogen) atoms. The van der Waals surface area contributed by atoms with E-state index in [-0.39, 0.29) is 17.6 Å². The third kappa shape index (κ3) is 4.31. The van der Waals surface area contributed by atoms with Crippen molar-refractivity contribution >= 4 is 17.5 Å². The van der Waals surface area contributed by atoms with Gasteiger partial charge in [-0.05, 0) is 61.7 Å². The molecule has 1 N–H and O–H groups in total. The molecule has 2 amide bonds. The Morgan fingerprint density at radius 3 is 2.46 bits per heavy atom. The third-order valence-corrected chi connectivity index (χ3v) is 4.77. The summed E-state index contributed by atoms with van der Waals surface area (Å²) in [4.78, 5) is 27.1. The van der Waals surface area contributed by atoms with Gasteiger partial charge in [-0.3, -0.25) is 9.59 Å². The zero-order valence-corrected chi connectivity index (χ0v) is 16.4. The first-order chi connectivity index (χ1) is 13.5. The predicted molar refractivity (Wildman–Crippen MR) is 109 cm³/mol. The Balaban J connectivity index is 1.81. The fourth-order valence-corrected chi connectivity index (χ4v) is 2.98. The summed E-state index contributed by atoms with van der Waals surface area (Å²) in [6.07, 6.45) is 1.45. The number of aryl methyl sites for hydroxylation is 2. The average Bonchev–Trinajstić information content (AvgIpc) is 3.23. The fourth-order valence-electron chi connectivity index (χ4n) is 2.98. The molecule has 3 rings (SSSR count). The van der Waals surface area contributed by atoms with Gasteiger partial charge in [0.25, 0.3) is 11.8 Å². The van der Waals surface area contributed by atoms with Crippen LogP contribution in [0.3, 0.4) is 0 Å². The van der Waals surface area contributed by atoms with Crippen molar-refractivity contribution in [2.75, 3.05) is 11.9 Å². The van der Waals surface area contributed by atoms with Crippen molar-refractivity contribution in [1.82, 2.24) is 4.90 Å². The Morgan fingerprint density at radius 2 is 1.79 bits per heavy atom. The largest absolute Gasteiger partial charge is 0.459 e. The summed E-state index contributed by atoms with van der Waals surface area (Å²) in [5.74, 6) is -0.185. The monoisotopic (exact) mass is 376 g/mol. The summed E-state index contributed by atoms with van der Waals surface area (Å²) in [6, 6.07) is 16.7. The van der Waals surface area contributed by atoms with Crippen molar-refractivity contribution in [1.29, 1.82) is 0 Å². The van der Waals surface area contributed by atoms with Crippen LogP contribution in [0.25, 0.3) is 0 Å². The number of nitrogens with zero attached hydrogens (tertiary/aromatic N) is 1. The zero-order valence-electron chi connectivity index (χ0n) is 16.4.